The molecule has 1 aliphatic carbocycles. The first kappa shape index (κ1) is 25.8. The second kappa shape index (κ2) is 13.2. The Labute approximate surface area is 195 Å². The van der Waals surface area contributed by atoms with Gasteiger partial charge in [-0.15, -0.1) is 0 Å². The fourth-order valence-corrected chi connectivity index (χ4v) is 3.70. The molecule has 3 rings (SSSR count). The van der Waals surface area contributed by atoms with E-state index >= 15 is 0 Å². The maximum Gasteiger partial charge on any atom is 0.251 e. The number of carbonyl (C=O) groups is 4. The maximum atomic E-state index is 13.1. The van der Waals surface area contributed by atoms with Crippen LogP contribution in [-0.4, -0.2) is 42.6 Å². The van der Waals surface area contributed by atoms with E-state index in [9.17, 15) is 19.2 Å². The third-order valence-electron chi connectivity index (χ3n) is 5.27. The van der Waals surface area contributed by atoms with Crippen LogP contribution in [0, 0.1) is 5.92 Å². The van der Waals surface area contributed by atoms with Gasteiger partial charge in [0.2, 0.25) is 11.8 Å². The van der Waals surface area contributed by atoms with Gasteiger partial charge in [0.15, 0.2) is 0 Å². The van der Waals surface area contributed by atoms with Crippen molar-refractivity contribution < 1.29 is 19.2 Å². The smallest absolute Gasteiger partial charge is 0.251 e. The van der Waals surface area contributed by atoms with E-state index in [0.717, 1.165) is 11.1 Å². The fraction of sp³-hybridized carbons (Fsp3) is 0.385. The summed E-state index contributed by atoms with van der Waals surface area (Å²) < 4.78 is 0. The molecule has 0 spiro atoms. The van der Waals surface area contributed by atoms with E-state index in [1.54, 1.807) is 24.3 Å². The van der Waals surface area contributed by atoms with Crippen molar-refractivity contribution in [2.45, 2.75) is 52.1 Å². The molecule has 176 valence electrons. The van der Waals surface area contributed by atoms with Crippen LogP contribution in [0.2, 0.25) is 0 Å². The Morgan fingerprint density at radius 1 is 0.909 bits per heavy atom. The molecular weight excluding hydrogens is 418 g/mol. The van der Waals surface area contributed by atoms with E-state index in [-0.39, 0.29) is 18.4 Å². The van der Waals surface area contributed by atoms with Gasteiger partial charge in [0, 0.05) is 5.56 Å². The van der Waals surface area contributed by atoms with E-state index in [4.69, 9.17) is 0 Å². The number of benzene rings is 2. The molecular formula is C26H33N3O4. The molecule has 0 heterocycles. The van der Waals surface area contributed by atoms with Crippen molar-refractivity contribution in [3.05, 3.63) is 71.3 Å². The Morgan fingerprint density at radius 2 is 1.45 bits per heavy atom. The molecule has 0 fully saturated rings. The van der Waals surface area contributed by atoms with Gasteiger partial charge in [-0.3, -0.25) is 14.4 Å². The van der Waals surface area contributed by atoms with E-state index < -0.39 is 23.9 Å². The Balaban J connectivity index is 0.00000122. The number of hydrogen-bond donors (Lipinski definition) is 3. The van der Waals surface area contributed by atoms with E-state index in [0.29, 0.717) is 24.7 Å². The number of amides is 3. The van der Waals surface area contributed by atoms with Crippen LogP contribution < -0.4 is 16.0 Å². The normalized spacial score (nSPS) is 14.0. The van der Waals surface area contributed by atoms with Crippen molar-refractivity contribution in [1.29, 1.82) is 0 Å². The van der Waals surface area contributed by atoms with Gasteiger partial charge in [0.25, 0.3) is 5.91 Å². The standard InChI is InChI=1S/C23H25N3O4.C3H8/c1-15(21(28)24-11-12-27)25-23(30)20(26-22(29)16-7-3-2-4-8-16)19-13-17-9-5-6-10-18(17)14-19;1-3-2/h2-10,12,15,19-20H,11,13-14H2,1H3,(H,24,28)(H,25,30)(H,26,29);3H2,1-2H3. The summed E-state index contributed by atoms with van der Waals surface area (Å²) in [6, 6.07) is 15.0. The van der Waals surface area contributed by atoms with E-state index in [1.807, 2.05) is 30.3 Å². The predicted octanol–water partition coefficient (Wildman–Crippen LogP) is 2.44. The quantitative estimate of drug-likeness (QED) is 0.536. The zero-order chi connectivity index (χ0) is 24.2. The lowest BCUT2D eigenvalue weighted by molar-refractivity contribution is -0.130. The largest absolute Gasteiger partial charge is 0.348 e. The molecule has 2 aromatic rings. The van der Waals surface area contributed by atoms with Crippen molar-refractivity contribution in [2.75, 3.05) is 6.54 Å². The summed E-state index contributed by atoms with van der Waals surface area (Å²) in [4.78, 5) is 48.3. The highest BCUT2D eigenvalue weighted by molar-refractivity contribution is 5.98. The summed E-state index contributed by atoms with van der Waals surface area (Å²) in [5.41, 5.74) is 2.78. The fourth-order valence-electron chi connectivity index (χ4n) is 3.70. The number of carbonyl (C=O) groups excluding carboxylic acids is 4. The van der Waals surface area contributed by atoms with Crippen molar-refractivity contribution in [1.82, 2.24) is 16.0 Å². The highest BCUT2D eigenvalue weighted by Crippen LogP contribution is 2.29. The molecule has 0 aromatic heterocycles. The van der Waals surface area contributed by atoms with Crippen LogP contribution in [0.25, 0.3) is 0 Å². The van der Waals surface area contributed by atoms with Crippen LogP contribution in [0.1, 0.15) is 48.7 Å². The van der Waals surface area contributed by atoms with Gasteiger partial charge in [-0.05, 0) is 48.9 Å². The summed E-state index contributed by atoms with van der Waals surface area (Å²) in [7, 11) is 0. The zero-order valence-electron chi connectivity index (χ0n) is 19.5. The Hall–Kier alpha value is -3.48. The summed E-state index contributed by atoms with van der Waals surface area (Å²) in [6.07, 6.45) is 3.15. The van der Waals surface area contributed by atoms with Gasteiger partial charge in [-0.2, -0.15) is 0 Å². The molecule has 3 N–H and O–H groups in total. The molecule has 1 aliphatic rings. The molecule has 2 unspecified atom stereocenters. The molecule has 33 heavy (non-hydrogen) atoms. The lowest BCUT2D eigenvalue weighted by atomic mass is 9.95. The van der Waals surface area contributed by atoms with Gasteiger partial charge in [-0.25, -0.2) is 0 Å². The minimum atomic E-state index is -0.836. The van der Waals surface area contributed by atoms with Crippen LogP contribution in [-0.2, 0) is 27.2 Å². The lowest BCUT2D eigenvalue weighted by Gasteiger charge is -2.25. The molecule has 0 radical (unpaired) electrons. The van der Waals surface area contributed by atoms with Crippen molar-refractivity contribution >= 4 is 24.0 Å². The molecule has 7 heteroatoms. The first-order valence-corrected chi connectivity index (χ1v) is 11.4. The highest BCUT2D eigenvalue weighted by Gasteiger charge is 2.35. The molecule has 2 atom stereocenters. The Bertz CT molecular complexity index is 921. The van der Waals surface area contributed by atoms with Gasteiger partial charge in [0.05, 0.1) is 6.54 Å². The molecule has 7 nitrogen and oxygen atoms in total. The number of hydrogen-bond acceptors (Lipinski definition) is 4. The monoisotopic (exact) mass is 451 g/mol. The average Bonchev–Trinajstić information content (AvgIpc) is 3.25. The minimum absolute atomic E-state index is 0.120. The first-order valence-electron chi connectivity index (χ1n) is 11.4. The number of fused-ring (bicyclic) bond motifs is 1. The summed E-state index contributed by atoms with van der Waals surface area (Å²) >= 11 is 0. The Morgan fingerprint density at radius 3 is 2.00 bits per heavy atom. The first-order chi connectivity index (χ1) is 15.9. The minimum Gasteiger partial charge on any atom is -0.348 e. The van der Waals surface area contributed by atoms with Crippen molar-refractivity contribution in [2.24, 2.45) is 5.92 Å². The molecule has 2 aromatic carbocycles. The zero-order valence-corrected chi connectivity index (χ0v) is 19.5. The van der Waals surface area contributed by atoms with Gasteiger partial charge < -0.3 is 20.7 Å². The maximum absolute atomic E-state index is 13.1. The topological polar surface area (TPSA) is 104 Å². The van der Waals surface area contributed by atoms with Crippen LogP contribution in [0.4, 0.5) is 0 Å². The lowest BCUT2D eigenvalue weighted by Crippen LogP contribution is -2.55. The summed E-state index contributed by atoms with van der Waals surface area (Å²) in [5, 5.41) is 7.94. The van der Waals surface area contributed by atoms with Crippen LogP contribution in [0.3, 0.4) is 0 Å². The average molecular weight is 452 g/mol. The number of rotatable bonds is 8. The van der Waals surface area contributed by atoms with E-state index in [2.05, 4.69) is 29.8 Å². The second-order valence-corrected chi connectivity index (χ2v) is 8.10. The third kappa shape index (κ3) is 7.56. The molecule has 0 aliphatic heterocycles. The van der Waals surface area contributed by atoms with Crippen molar-refractivity contribution in [3.8, 4) is 0 Å². The third-order valence-corrected chi connectivity index (χ3v) is 5.27. The molecule has 0 saturated heterocycles. The second-order valence-electron chi connectivity index (χ2n) is 8.10. The Kier molecular flexibility index (Phi) is 10.3. The van der Waals surface area contributed by atoms with Crippen LogP contribution in [0.15, 0.2) is 54.6 Å². The van der Waals surface area contributed by atoms with Gasteiger partial charge in [-0.1, -0.05) is 62.7 Å². The SMILES string of the molecule is CC(NC(=O)C(NC(=O)c1ccccc1)C1Cc2ccccc2C1)C(=O)NCC=O.CCC. The van der Waals surface area contributed by atoms with Gasteiger partial charge >= 0.3 is 0 Å². The summed E-state index contributed by atoms with van der Waals surface area (Å²) in [6.45, 7) is 5.67. The molecule has 3 amide bonds. The van der Waals surface area contributed by atoms with Gasteiger partial charge in [0.1, 0.15) is 18.4 Å². The van der Waals surface area contributed by atoms with Crippen molar-refractivity contribution in [3.63, 3.8) is 0 Å². The van der Waals surface area contributed by atoms with E-state index in [1.165, 1.54) is 13.3 Å². The predicted molar refractivity (Wildman–Crippen MR) is 128 cm³/mol. The van der Waals surface area contributed by atoms with Crippen LogP contribution in [0.5, 0.6) is 0 Å². The molecule has 0 bridgehead atoms. The molecule has 0 saturated carbocycles. The highest BCUT2D eigenvalue weighted by atomic mass is 16.2. The summed E-state index contributed by atoms with van der Waals surface area (Å²) in [5.74, 6) is -1.35. The van der Waals surface area contributed by atoms with Crippen LogP contribution >= 0.6 is 0 Å². The number of nitrogens with one attached hydrogen (secondary N) is 3. The number of aldehydes is 1.